The fraction of sp³-hybridized carbons (Fsp3) is 0.571. The molecule has 106 valence electrons. The van der Waals surface area contributed by atoms with Gasteiger partial charge < -0.3 is 14.6 Å². The highest BCUT2D eigenvalue weighted by Crippen LogP contribution is 2.43. The SMILES string of the molecule is COc1cccc(OC)c1C(O)C1SCCSC1C. The van der Waals surface area contributed by atoms with Crippen molar-refractivity contribution in [2.24, 2.45) is 0 Å². The van der Waals surface area contributed by atoms with Crippen LogP contribution in [0.2, 0.25) is 0 Å². The smallest absolute Gasteiger partial charge is 0.128 e. The van der Waals surface area contributed by atoms with Crippen LogP contribution in [0.1, 0.15) is 18.6 Å². The fourth-order valence-electron chi connectivity index (χ4n) is 2.33. The predicted molar refractivity (Wildman–Crippen MR) is 82.7 cm³/mol. The van der Waals surface area contributed by atoms with Crippen LogP contribution >= 0.6 is 23.5 Å². The molecule has 1 aliphatic heterocycles. The molecule has 1 heterocycles. The van der Waals surface area contributed by atoms with Crippen molar-refractivity contribution in [2.45, 2.75) is 23.5 Å². The van der Waals surface area contributed by atoms with Crippen molar-refractivity contribution in [2.75, 3.05) is 25.7 Å². The number of aliphatic hydroxyl groups excluding tert-OH is 1. The Balaban J connectivity index is 2.33. The summed E-state index contributed by atoms with van der Waals surface area (Å²) in [4.78, 5) is 0. The minimum atomic E-state index is -0.570. The Morgan fingerprint density at radius 2 is 1.74 bits per heavy atom. The summed E-state index contributed by atoms with van der Waals surface area (Å²) in [5.41, 5.74) is 0.763. The largest absolute Gasteiger partial charge is 0.496 e. The van der Waals surface area contributed by atoms with Gasteiger partial charge in [-0.3, -0.25) is 0 Å². The second-order valence-corrected chi connectivity index (χ2v) is 7.20. The number of thioether (sulfide) groups is 2. The molecule has 3 unspecified atom stereocenters. The maximum atomic E-state index is 10.7. The first-order chi connectivity index (χ1) is 9.19. The van der Waals surface area contributed by atoms with Gasteiger partial charge in [0.05, 0.1) is 25.9 Å². The standard InChI is InChI=1S/C14H20O3S2/c1-9-14(19-8-7-18-9)13(15)12-10(16-2)5-4-6-11(12)17-3/h4-6,9,13-15H,7-8H2,1-3H3. The van der Waals surface area contributed by atoms with Gasteiger partial charge in [0.15, 0.2) is 0 Å². The van der Waals surface area contributed by atoms with Crippen LogP contribution in [0.5, 0.6) is 11.5 Å². The molecule has 0 amide bonds. The van der Waals surface area contributed by atoms with Gasteiger partial charge in [0.25, 0.3) is 0 Å². The molecule has 1 fully saturated rings. The zero-order chi connectivity index (χ0) is 13.8. The van der Waals surface area contributed by atoms with Gasteiger partial charge in [-0.15, -0.1) is 0 Å². The molecule has 0 aromatic heterocycles. The Hall–Kier alpha value is -0.520. The van der Waals surface area contributed by atoms with E-state index in [1.54, 1.807) is 14.2 Å². The first kappa shape index (κ1) is 14.9. The molecular weight excluding hydrogens is 280 g/mol. The first-order valence-electron chi connectivity index (χ1n) is 6.31. The highest BCUT2D eigenvalue weighted by molar-refractivity contribution is 8.07. The van der Waals surface area contributed by atoms with E-state index in [-0.39, 0.29) is 5.25 Å². The van der Waals surface area contributed by atoms with E-state index in [1.165, 1.54) is 0 Å². The van der Waals surface area contributed by atoms with E-state index in [0.717, 1.165) is 17.1 Å². The lowest BCUT2D eigenvalue weighted by Gasteiger charge is -2.32. The molecule has 1 N–H and O–H groups in total. The third kappa shape index (κ3) is 3.15. The maximum Gasteiger partial charge on any atom is 0.128 e. The highest BCUT2D eigenvalue weighted by atomic mass is 32.2. The van der Waals surface area contributed by atoms with Gasteiger partial charge in [0, 0.05) is 22.0 Å². The van der Waals surface area contributed by atoms with Gasteiger partial charge in [0.2, 0.25) is 0 Å². The number of methoxy groups -OCH3 is 2. The molecular formula is C14H20O3S2. The van der Waals surface area contributed by atoms with Gasteiger partial charge in [-0.1, -0.05) is 13.0 Å². The minimum absolute atomic E-state index is 0.170. The molecule has 3 atom stereocenters. The first-order valence-corrected chi connectivity index (χ1v) is 8.41. The third-order valence-corrected chi connectivity index (χ3v) is 6.49. The molecule has 1 aliphatic rings. The Labute approximate surface area is 123 Å². The van der Waals surface area contributed by atoms with E-state index in [0.29, 0.717) is 16.7 Å². The van der Waals surface area contributed by atoms with E-state index in [4.69, 9.17) is 9.47 Å². The summed E-state index contributed by atoms with van der Waals surface area (Å²) in [6.07, 6.45) is -0.570. The van der Waals surface area contributed by atoms with Crippen LogP contribution in [0.25, 0.3) is 0 Å². The van der Waals surface area contributed by atoms with Crippen LogP contribution in [0.15, 0.2) is 18.2 Å². The Bertz CT molecular complexity index is 403. The zero-order valence-electron chi connectivity index (χ0n) is 11.5. The number of aliphatic hydroxyl groups is 1. The normalized spacial score (nSPS) is 24.8. The van der Waals surface area contributed by atoms with Crippen molar-refractivity contribution in [1.29, 1.82) is 0 Å². The number of hydrogen-bond acceptors (Lipinski definition) is 5. The molecule has 1 saturated heterocycles. The predicted octanol–water partition coefficient (Wildman–Crippen LogP) is 2.97. The summed E-state index contributed by atoms with van der Waals surface area (Å²) < 4.78 is 10.8. The third-order valence-electron chi connectivity index (χ3n) is 3.31. The Morgan fingerprint density at radius 1 is 1.16 bits per heavy atom. The molecule has 0 saturated carbocycles. The average Bonchev–Trinajstić information content (AvgIpc) is 2.46. The number of ether oxygens (including phenoxy) is 2. The van der Waals surface area contributed by atoms with Crippen LogP contribution in [-0.2, 0) is 0 Å². The van der Waals surface area contributed by atoms with Crippen LogP contribution in [0.4, 0.5) is 0 Å². The summed E-state index contributed by atoms with van der Waals surface area (Å²) in [5.74, 6) is 3.61. The summed E-state index contributed by atoms with van der Waals surface area (Å²) >= 11 is 3.74. The zero-order valence-corrected chi connectivity index (χ0v) is 13.1. The van der Waals surface area contributed by atoms with Crippen molar-refractivity contribution < 1.29 is 14.6 Å². The van der Waals surface area contributed by atoms with E-state index in [1.807, 2.05) is 41.7 Å². The van der Waals surface area contributed by atoms with Crippen LogP contribution in [0.3, 0.4) is 0 Å². The van der Waals surface area contributed by atoms with Crippen molar-refractivity contribution in [3.05, 3.63) is 23.8 Å². The summed E-state index contributed by atoms with van der Waals surface area (Å²) in [6.45, 7) is 2.17. The number of hydrogen-bond donors (Lipinski definition) is 1. The molecule has 0 bridgehead atoms. The van der Waals surface area contributed by atoms with Gasteiger partial charge in [-0.25, -0.2) is 0 Å². The van der Waals surface area contributed by atoms with E-state index < -0.39 is 6.10 Å². The molecule has 1 aromatic rings. The lowest BCUT2D eigenvalue weighted by molar-refractivity contribution is 0.165. The van der Waals surface area contributed by atoms with Crippen LogP contribution in [0, 0.1) is 0 Å². The van der Waals surface area contributed by atoms with Crippen molar-refractivity contribution >= 4 is 23.5 Å². The van der Waals surface area contributed by atoms with Crippen molar-refractivity contribution in [1.82, 2.24) is 0 Å². The quantitative estimate of drug-likeness (QED) is 0.925. The lowest BCUT2D eigenvalue weighted by Crippen LogP contribution is -2.29. The van der Waals surface area contributed by atoms with Crippen LogP contribution in [-0.4, -0.2) is 41.3 Å². The van der Waals surface area contributed by atoms with Crippen molar-refractivity contribution in [3.63, 3.8) is 0 Å². The minimum Gasteiger partial charge on any atom is -0.496 e. The van der Waals surface area contributed by atoms with E-state index in [2.05, 4.69) is 6.92 Å². The monoisotopic (exact) mass is 300 g/mol. The second kappa shape index (κ2) is 6.77. The van der Waals surface area contributed by atoms with Gasteiger partial charge in [0.1, 0.15) is 11.5 Å². The van der Waals surface area contributed by atoms with Gasteiger partial charge in [-0.2, -0.15) is 23.5 Å². The molecule has 0 aliphatic carbocycles. The van der Waals surface area contributed by atoms with Crippen LogP contribution < -0.4 is 9.47 Å². The Morgan fingerprint density at radius 3 is 2.26 bits per heavy atom. The molecule has 3 nitrogen and oxygen atoms in total. The number of rotatable bonds is 4. The number of benzene rings is 1. The fourth-order valence-corrected chi connectivity index (χ4v) is 5.15. The summed E-state index contributed by atoms with van der Waals surface area (Å²) in [7, 11) is 3.24. The van der Waals surface area contributed by atoms with Gasteiger partial charge in [-0.05, 0) is 12.1 Å². The van der Waals surface area contributed by atoms with E-state index >= 15 is 0 Å². The average molecular weight is 300 g/mol. The molecule has 19 heavy (non-hydrogen) atoms. The second-order valence-electron chi connectivity index (χ2n) is 4.43. The Kier molecular flexibility index (Phi) is 5.30. The topological polar surface area (TPSA) is 38.7 Å². The van der Waals surface area contributed by atoms with E-state index in [9.17, 15) is 5.11 Å². The molecule has 5 heteroatoms. The maximum absolute atomic E-state index is 10.7. The molecule has 1 aromatic carbocycles. The summed E-state index contributed by atoms with van der Waals surface area (Å²) in [5, 5.41) is 11.3. The highest BCUT2D eigenvalue weighted by Gasteiger charge is 2.33. The van der Waals surface area contributed by atoms with Crippen molar-refractivity contribution in [3.8, 4) is 11.5 Å². The molecule has 0 radical (unpaired) electrons. The van der Waals surface area contributed by atoms with Gasteiger partial charge >= 0.3 is 0 Å². The summed E-state index contributed by atoms with van der Waals surface area (Å²) in [6, 6.07) is 5.61. The molecule has 2 rings (SSSR count). The molecule has 0 spiro atoms. The lowest BCUT2D eigenvalue weighted by atomic mass is 10.0.